The molecular formula is C36H40Cl3NO15S. The summed E-state index contributed by atoms with van der Waals surface area (Å²) in [5, 5.41) is 2.76. The number of alkyl carbamates (subject to hydrolysis) is 1. The van der Waals surface area contributed by atoms with Gasteiger partial charge in [-0.1, -0.05) is 95.1 Å². The SMILES string of the molecule is CC(=O)OC[C@H]1O[C@@H](O[C@@H]2[C@@H](NC(=O)OCC(Cl)(Cl)Cl)[C@H](Sc3ccccc3)O[C@@H]3COC(c4ccccc4)O[C@@H]23)[C@H](OC(C)=O)[C@@H](OC(C)=O)[C@H]1OC(C)=O. The molecule has 0 bridgehead atoms. The maximum Gasteiger partial charge on any atom is 0.407 e. The Hall–Kier alpha value is -3.39. The minimum Gasteiger partial charge on any atom is -0.463 e. The number of hydrogen-bond acceptors (Lipinski definition) is 16. The van der Waals surface area contributed by atoms with E-state index in [1.165, 1.54) is 11.8 Å². The molecule has 1 amide bonds. The van der Waals surface area contributed by atoms with Gasteiger partial charge < -0.3 is 52.7 Å². The molecule has 2 aromatic rings. The molecule has 20 heteroatoms. The van der Waals surface area contributed by atoms with E-state index in [4.69, 9.17) is 82.2 Å². The zero-order chi connectivity index (χ0) is 40.6. The number of carbonyl (C=O) groups is 5. The molecule has 0 aliphatic carbocycles. The first kappa shape index (κ1) is 43.7. The van der Waals surface area contributed by atoms with Crippen molar-refractivity contribution in [2.75, 3.05) is 19.8 Å². The molecule has 16 nitrogen and oxygen atoms in total. The third-order valence-electron chi connectivity index (χ3n) is 8.30. The zero-order valence-corrected chi connectivity index (χ0v) is 33.5. The number of fused-ring (bicyclic) bond motifs is 1. The molecule has 3 saturated heterocycles. The van der Waals surface area contributed by atoms with Gasteiger partial charge >= 0.3 is 30.0 Å². The van der Waals surface area contributed by atoms with Crippen LogP contribution in [0.2, 0.25) is 0 Å². The lowest BCUT2D eigenvalue weighted by Gasteiger charge is -2.51. The van der Waals surface area contributed by atoms with Gasteiger partial charge in [0.25, 0.3) is 0 Å². The molecule has 5 rings (SSSR count). The molecule has 0 radical (unpaired) electrons. The number of hydrogen-bond donors (Lipinski definition) is 1. The van der Waals surface area contributed by atoms with Crippen molar-refractivity contribution in [1.29, 1.82) is 0 Å². The summed E-state index contributed by atoms with van der Waals surface area (Å²) in [7, 11) is 0. The number of thioether (sulfide) groups is 1. The fourth-order valence-electron chi connectivity index (χ4n) is 6.18. The van der Waals surface area contributed by atoms with Crippen LogP contribution in [-0.4, -0.2) is 114 Å². The third-order valence-corrected chi connectivity index (χ3v) is 9.81. The van der Waals surface area contributed by atoms with Crippen LogP contribution in [0.1, 0.15) is 39.5 Å². The Labute approximate surface area is 341 Å². The Morgan fingerprint density at radius 1 is 0.750 bits per heavy atom. The van der Waals surface area contributed by atoms with Crippen molar-refractivity contribution in [3.8, 4) is 0 Å². The van der Waals surface area contributed by atoms with Crippen molar-refractivity contribution in [3.63, 3.8) is 0 Å². The predicted molar refractivity (Wildman–Crippen MR) is 196 cm³/mol. The summed E-state index contributed by atoms with van der Waals surface area (Å²) in [5.41, 5.74) is -0.292. The third kappa shape index (κ3) is 12.3. The number of amides is 1. The quantitative estimate of drug-likeness (QED) is 0.178. The first-order valence-electron chi connectivity index (χ1n) is 17.2. The number of esters is 4. The molecule has 3 aliphatic rings. The number of ether oxygens (including phenoxy) is 10. The number of halogens is 3. The van der Waals surface area contributed by atoms with Gasteiger partial charge in [-0.15, -0.1) is 0 Å². The minimum atomic E-state index is -1.94. The van der Waals surface area contributed by atoms with Gasteiger partial charge in [-0.3, -0.25) is 19.2 Å². The molecule has 2 aromatic carbocycles. The van der Waals surface area contributed by atoms with Crippen LogP contribution in [-0.2, 0) is 66.5 Å². The highest BCUT2D eigenvalue weighted by Gasteiger charge is 2.57. The highest BCUT2D eigenvalue weighted by atomic mass is 35.6. The zero-order valence-electron chi connectivity index (χ0n) is 30.4. The molecule has 1 unspecified atom stereocenters. The molecule has 306 valence electrons. The van der Waals surface area contributed by atoms with Crippen molar-refractivity contribution in [2.45, 2.75) is 103 Å². The van der Waals surface area contributed by atoms with E-state index in [9.17, 15) is 24.0 Å². The van der Waals surface area contributed by atoms with E-state index in [1.807, 2.05) is 36.4 Å². The van der Waals surface area contributed by atoms with Crippen LogP contribution in [0.15, 0.2) is 65.6 Å². The molecule has 56 heavy (non-hydrogen) atoms. The number of benzene rings is 2. The summed E-state index contributed by atoms with van der Waals surface area (Å²) in [6.07, 6.45) is -12.7. The first-order valence-corrected chi connectivity index (χ1v) is 19.2. The van der Waals surface area contributed by atoms with Gasteiger partial charge in [-0.05, 0) is 12.1 Å². The van der Waals surface area contributed by atoms with E-state index in [1.54, 1.807) is 24.3 Å². The van der Waals surface area contributed by atoms with E-state index < -0.39 is 114 Å². The molecule has 0 spiro atoms. The molecular weight excluding hydrogens is 825 g/mol. The molecule has 3 heterocycles. The Balaban J connectivity index is 1.60. The molecule has 0 aromatic heterocycles. The maximum absolute atomic E-state index is 13.4. The summed E-state index contributed by atoms with van der Waals surface area (Å²) >= 11 is 18.8. The van der Waals surface area contributed by atoms with Gasteiger partial charge in [0.15, 0.2) is 30.9 Å². The van der Waals surface area contributed by atoms with E-state index >= 15 is 0 Å². The van der Waals surface area contributed by atoms with Crippen LogP contribution in [0.4, 0.5) is 4.79 Å². The van der Waals surface area contributed by atoms with Gasteiger partial charge in [0, 0.05) is 38.2 Å². The second-order valence-corrected chi connectivity index (χ2v) is 16.4. The summed E-state index contributed by atoms with van der Waals surface area (Å²) in [6.45, 7) is 3.33. The Kier molecular flexibility index (Phi) is 15.5. The van der Waals surface area contributed by atoms with Crippen LogP contribution in [0, 0.1) is 0 Å². The largest absolute Gasteiger partial charge is 0.463 e. The van der Waals surface area contributed by atoms with E-state index in [0.717, 1.165) is 32.6 Å². The summed E-state index contributed by atoms with van der Waals surface area (Å²) in [5.74, 6) is -3.19. The average Bonchev–Trinajstić information content (AvgIpc) is 3.13. The standard InChI is InChI=1S/C36H40Cl3NO15S/c1-18(41)46-15-24-28(49-19(2)42)30(50-20(3)43)31(51-21(4)44)33(52-24)55-29-26(40-35(45)48-17-36(37,38)39)34(56-23-13-9-6-10-14-23)53-25-16-47-32(54-27(25)29)22-11-7-5-8-12-22/h5-14,24-34H,15-17H2,1-4H3,(H,40,45)/t24-,25-,26-,27-,28+,29-,30+,31-,32?,33+,34+/m1/s1. The van der Waals surface area contributed by atoms with Crippen LogP contribution in [0.3, 0.4) is 0 Å². The summed E-state index contributed by atoms with van der Waals surface area (Å²) in [6, 6.07) is 16.9. The van der Waals surface area contributed by atoms with Gasteiger partial charge in [0.1, 0.15) is 43.1 Å². The fraction of sp³-hybridized carbons (Fsp3) is 0.528. The Morgan fingerprint density at radius 3 is 1.96 bits per heavy atom. The monoisotopic (exact) mass is 863 g/mol. The van der Waals surface area contributed by atoms with E-state index in [0.29, 0.717) is 5.56 Å². The highest BCUT2D eigenvalue weighted by Crippen LogP contribution is 2.42. The van der Waals surface area contributed by atoms with Crippen molar-refractivity contribution in [3.05, 3.63) is 66.2 Å². The maximum atomic E-state index is 13.4. The first-order chi connectivity index (χ1) is 26.6. The molecule has 0 saturated carbocycles. The molecule has 3 aliphatic heterocycles. The average molecular weight is 865 g/mol. The van der Waals surface area contributed by atoms with E-state index in [2.05, 4.69) is 5.32 Å². The topological polar surface area (TPSA) is 190 Å². The van der Waals surface area contributed by atoms with Gasteiger partial charge in [0.05, 0.1) is 12.6 Å². The molecule has 1 N–H and O–H groups in total. The number of rotatable bonds is 12. The lowest BCUT2D eigenvalue weighted by molar-refractivity contribution is -0.357. The number of carbonyl (C=O) groups excluding carboxylic acids is 5. The summed E-state index contributed by atoms with van der Waals surface area (Å²) in [4.78, 5) is 63.6. The van der Waals surface area contributed by atoms with Gasteiger partial charge in [0.2, 0.25) is 3.79 Å². The van der Waals surface area contributed by atoms with Crippen LogP contribution in [0.25, 0.3) is 0 Å². The Bertz CT molecular complexity index is 1670. The minimum absolute atomic E-state index is 0.00105. The normalized spacial score (nSPS) is 30.2. The van der Waals surface area contributed by atoms with Crippen LogP contribution >= 0.6 is 46.6 Å². The number of nitrogens with one attached hydrogen (secondary N) is 1. The lowest BCUT2D eigenvalue weighted by Crippen LogP contribution is -2.69. The summed E-state index contributed by atoms with van der Waals surface area (Å²) < 4.78 is 57.5. The highest BCUT2D eigenvalue weighted by molar-refractivity contribution is 7.99. The second kappa shape index (κ2) is 19.8. The molecule has 11 atom stereocenters. The van der Waals surface area contributed by atoms with E-state index in [-0.39, 0.29) is 6.61 Å². The van der Waals surface area contributed by atoms with Crippen LogP contribution < -0.4 is 5.32 Å². The van der Waals surface area contributed by atoms with Gasteiger partial charge in [-0.25, -0.2) is 4.79 Å². The van der Waals surface area contributed by atoms with Crippen molar-refractivity contribution in [1.82, 2.24) is 5.32 Å². The Morgan fingerprint density at radius 2 is 1.36 bits per heavy atom. The second-order valence-electron chi connectivity index (χ2n) is 12.7. The van der Waals surface area contributed by atoms with Crippen molar-refractivity contribution < 1.29 is 71.3 Å². The fourth-order valence-corrected chi connectivity index (χ4v) is 7.49. The predicted octanol–water partition coefficient (Wildman–Crippen LogP) is 4.55. The van der Waals surface area contributed by atoms with Crippen molar-refractivity contribution >= 4 is 76.5 Å². The van der Waals surface area contributed by atoms with Crippen LogP contribution in [0.5, 0.6) is 0 Å². The smallest absolute Gasteiger partial charge is 0.407 e. The molecule has 3 fully saturated rings. The number of alkyl halides is 3. The lowest BCUT2D eigenvalue weighted by atomic mass is 9.95. The van der Waals surface area contributed by atoms with Crippen molar-refractivity contribution in [2.24, 2.45) is 0 Å². The van der Waals surface area contributed by atoms with Gasteiger partial charge in [-0.2, -0.15) is 0 Å².